The highest BCUT2D eigenvalue weighted by molar-refractivity contribution is 5.42. The second-order valence-corrected chi connectivity index (χ2v) is 1.57. The number of carbonyl (C=O) groups is 1. The molecule has 2 N–H and O–H groups in total. The number of rotatable bonds is 1. The molecule has 10 heavy (non-hydrogen) atoms. The quantitative estimate of drug-likeness (QED) is 0.592. The Kier molecular flexibility index (Phi) is 5.14. The Labute approximate surface area is 59.8 Å². The molecule has 0 aliphatic rings. The van der Waals surface area contributed by atoms with E-state index in [1.807, 2.05) is 12.1 Å². The number of hydrogen-bond acceptors (Lipinski definition) is 2. The lowest BCUT2D eigenvalue weighted by Crippen LogP contribution is -1.82. The van der Waals surface area contributed by atoms with Crippen molar-refractivity contribution in [2.24, 2.45) is 5.73 Å². The molecule has 0 saturated carbocycles. The zero-order valence-electron chi connectivity index (χ0n) is 5.91. The lowest BCUT2D eigenvalue weighted by molar-refractivity contribution is -0.106. The van der Waals surface area contributed by atoms with E-state index in [9.17, 15) is 0 Å². The fraction of sp³-hybridized carbons (Fsp3) is 0.286. The van der Waals surface area contributed by atoms with Crippen molar-refractivity contribution in [3.05, 3.63) is 24.2 Å². The number of hydrogen-bond donors (Lipinski definition) is 1. The van der Waals surface area contributed by atoms with Gasteiger partial charge in [0.2, 0.25) is 6.41 Å². The van der Waals surface area contributed by atoms with Gasteiger partial charge in [-0.1, -0.05) is 6.92 Å². The first-order valence-corrected chi connectivity index (χ1v) is 3.02. The van der Waals surface area contributed by atoms with E-state index in [0.29, 0.717) is 0 Å². The fourth-order valence-electron chi connectivity index (χ4n) is 0.514. The van der Waals surface area contributed by atoms with E-state index in [4.69, 9.17) is 9.21 Å². The summed E-state index contributed by atoms with van der Waals surface area (Å²) in [5, 5.41) is 0. The third-order valence-electron chi connectivity index (χ3n) is 0.929. The average Bonchev–Trinajstić information content (AvgIpc) is 2.39. The molecular weight excluding hydrogens is 130 g/mol. The van der Waals surface area contributed by atoms with E-state index in [-0.39, 0.29) is 6.41 Å². The van der Waals surface area contributed by atoms with Gasteiger partial charge in [0.05, 0.1) is 6.26 Å². The Morgan fingerprint density at radius 1 is 1.80 bits per heavy atom. The van der Waals surface area contributed by atoms with E-state index in [1.165, 1.54) is 0 Å². The Morgan fingerprint density at radius 2 is 2.40 bits per heavy atom. The third-order valence-corrected chi connectivity index (χ3v) is 0.929. The Morgan fingerprint density at radius 3 is 2.60 bits per heavy atom. The first kappa shape index (κ1) is 8.75. The maximum atomic E-state index is 8.58. The predicted molar refractivity (Wildman–Crippen MR) is 38.3 cm³/mol. The molecule has 0 fully saturated rings. The molecule has 0 saturated heterocycles. The van der Waals surface area contributed by atoms with Crippen LogP contribution in [-0.4, -0.2) is 6.41 Å². The second-order valence-electron chi connectivity index (χ2n) is 1.57. The first-order valence-electron chi connectivity index (χ1n) is 3.02. The van der Waals surface area contributed by atoms with Crippen molar-refractivity contribution in [1.82, 2.24) is 0 Å². The van der Waals surface area contributed by atoms with Crippen LogP contribution in [0.3, 0.4) is 0 Å². The monoisotopic (exact) mass is 141 g/mol. The van der Waals surface area contributed by atoms with Gasteiger partial charge in [0.1, 0.15) is 5.76 Å². The fourth-order valence-corrected chi connectivity index (χ4v) is 0.514. The second kappa shape index (κ2) is 5.88. The summed E-state index contributed by atoms with van der Waals surface area (Å²) >= 11 is 0. The van der Waals surface area contributed by atoms with Gasteiger partial charge in [-0.2, -0.15) is 0 Å². The lowest BCUT2D eigenvalue weighted by atomic mass is 10.4. The summed E-state index contributed by atoms with van der Waals surface area (Å²) < 4.78 is 4.98. The van der Waals surface area contributed by atoms with Gasteiger partial charge in [-0.3, -0.25) is 4.79 Å². The van der Waals surface area contributed by atoms with Crippen molar-refractivity contribution in [3.8, 4) is 0 Å². The number of nitrogens with two attached hydrogens (primary N) is 1. The normalized spacial score (nSPS) is 7.70. The smallest absolute Gasteiger partial charge is 0.204 e. The van der Waals surface area contributed by atoms with Crippen molar-refractivity contribution in [1.29, 1.82) is 0 Å². The molecule has 0 aliphatic carbocycles. The molecule has 1 amide bonds. The van der Waals surface area contributed by atoms with E-state index in [1.54, 1.807) is 6.26 Å². The molecule has 1 heterocycles. The number of amides is 1. The molecule has 56 valence electrons. The molecule has 3 heteroatoms. The van der Waals surface area contributed by atoms with Crippen molar-refractivity contribution < 1.29 is 9.21 Å². The van der Waals surface area contributed by atoms with Crippen LogP contribution >= 0.6 is 0 Å². The van der Waals surface area contributed by atoms with Gasteiger partial charge >= 0.3 is 0 Å². The zero-order valence-corrected chi connectivity index (χ0v) is 5.91. The van der Waals surface area contributed by atoms with E-state index in [0.717, 1.165) is 12.2 Å². The summed E-state index contributed by atoms with van der Waals surface area (Å²) in [6, 6.07) is 3.87. The van der Waals surface area contributed by atoms with E-state index >= 15 is 0 Å². The maximum absolute atomic E-state index is 8.58. The van der Waals surface area contributed by atoms with Gasteiger partial charge in [0, 0.05) is 6.42 Å². The minimum Gasteiger partial charge on any atom is -0.469 e. The summed E-state index contributed by atoms with van der Waals surface area (Å²) in [5.74, 6) is 1.06. The van der Waals surface area contributed by atoms with Crippen LogP contribution < -0.4 is 5.73 Å². The summed E-state index contributed by atoms with van der Waals surface area (Å²) in [4.78, 5) is 8.58. The first-order chi connectivity index (χ1) is 4.85. The average molecular weight is 141 g/mol. The molecule has 1 aromatic rings. The van der Waals surface area contributed by atoms with Crippen molar-refractivity contribution >= 4 is 6.41 Å². The van der Waals surface area contributed by atoms with Gasteiger partial charge in [0.15, 0.2) is 0 Å². The summed E-state index contributed by atoms with van der Waals surface area (Å²) in [7, 11) is 0. The molecule has 0 atom stereocenters. The summed E-state index contributed by atoms with van der Waals surface area (Å²) in [6.45, 7) is 2.07. The molecular formula is C7H11NO2. The highest BCUT2D eigenvalue weighted by atomic mass is 16.3. The van der Waals surface area contributed by atoms with Gasteiger partial charge in [-0.25, -0.2) is 0 Å². The largest absolute Gasteiger partial charge is 0.469 e. The topological polar surface area (TPSA) is 56.2 Å². The van der Waals surface area contributed by atoms with Crippen LogP contribution in [0.4, 0.5) is 0 Å². The minimum absolute atomic E-state index is 0.250. The van der Waals surface area contributed by atoms with Crippen molar-refractivity contribution in [3.63, 3.8) is 0 Å². The molecule has 0 aliphatic heterocycles. The molecule has 0 unspecified atom stereocenters. The highest BCUT2D eigenvalue weighted by Crippen LogP contribution is 1.98. The SMILES string of the molecule is CCc1ccco1.NC=O. The summed E-state index contributed by atoms with van der Waals surface area (Å²) in [5.41, 5.74) is 4.17. The number of aryl methyl sites for hydroxylation is 1. The van der Waals surface area contributed by atoms with Crippen LogP contribution in [0.1, 0.15) is 12.7 Å². The molecule has 0 radical (unpaired) electrons. The minimum atomic E-state index is 0.250. The molecule has 0 aromatic carbocycles. The van der Waals surface area contributed by atoms with Crippen LogP contribution in [0, 0.1) is 0 Å². The molecule has 3 nitrogen and oxygen atoms in total. The number of primary amides is 1. The van der Waals surface area contributed by atoms with Gasteiger partial charge in [0.25, 0.3) is 0 Å². The van der Waals surface area contributed by atoms with E-state index in [2.05, 4.69) is 12.7 Å². The van der Waals surface area contributed by atoms with Gasteiger partial charge in [-0.15, -0.1) is 0 Å². The molecule has 1 aromatic heterocycles. The lowest BCUT2D eigenvalue weighted by Gasteiger charge is -1.79. The third kappa shape index (κ3) is 3.72. The van der Waals surface area contributed by atoms with Gasteiger partial charge < -0.3 is 10.2 Å². The molecule has 1 rings (SSSR count). The van der Waals surface area contributed by atoms with Crippen LogP contribution in [0.15, 0.2) is 22.8 Å². The Bertz CT molecular complexity index is 158. The van der Waals surface area contributed by atoms with Crippen LogP contribution in [0.25, 0.3) is 0 Å². The molecule has 0 bridgehead atoms. The zero-order chi connectivity index (χ0) is 7.82. The predicted octanol–water partition coefficient (Wildman–Crippen LogP) is 0.944. The Balaban J connectivity index is 0.000000236. The number of furan rings is 1. The van der Waals surface area contributed by atoms with Gasteiger partial charge in [-0.05, 0) is 12.1 Å². The number of carbonyl (C=O) groups excluding carboxylic acids is 1. The van der Waals surface area contributed by atoms with Crippen LogP contribution in [-0.2, 0) is 11.2 Å². The maximum Gasteiger partial charge on any atom is 0.204 e. The van der Waals surface area contributed by atoms with Crippen LogP contribution in [0.5, 0.6) is 0 Å². The standard InChI is InChI=1S/C6H8O.CH3NO/c1-2-6-4-3-5-7-6;2-1-3/h3-5H,2H2,1H3;1H,(H2,2,3). The van der Waals surface area contributed by atoms with Crippen LogP contribution in [0.2, 0.25) is 0 Å². The Hall–Kier alpha value is -1.25. The van der Waals surface area contributed by atoms with Crippen molar-refractivity contribution in [2.75, 3.05) is 0 Å². The van der Waals surface area contributed by atoms with Crippen molar-refractivity contribution in [2.45, 2.75) is 13.3 Å². The molecule has 0 spiro atoms. The highest BCUT2D eigenvalue weighted by Gasteiger charge is 1.84. The van der Waals surface area contributed by atoms with E-state index < -0.39 is 0 Å². The summed E-state index contributed by atoms with van der Waals surface area (Å²) in [6.07, 6.45) is 2.94.